The van der Waals surface area contributed by atoms with Crippen LogP contribution < -0.4 is 9.47 Å². The van der Waals surface area contributed by atoms with Gasteiger partial charge in [-0.15, -0.1) is 11.6 Å². The minimum Gasteiger partial charge on any atom is -0.496 e. The van der Waals surface area contributed by atoms with E-state index in [-0.39, 0.29) is 17.3 Å². The number of alkyl halides is 1. The van der Waals surface area contributed by atoms with Gasteiger partial charge in [-0.2, -0.15) is 0 Å². The predicted molar refractivity (Wildman–Crippen MR) is 83.4 cm³/mol. The lowest BCUT2D eigenvalue weighted by molar-refractivity contribution is -0.385. The topological polar surface area (TPSA) is 61.6 Å². The average Bonchev–Trinajstić information content (AvgIpc) is 2.47. The van der Waals surface area contributed by atoms with Crippen molar-refractivity contribution < 1.29 is 14.4 Å². The van der Waals surface area contributed by atoms with Crippen LogP contribution in [0.5, 0.6) is 17.2 Å². The first-order valence-electron chi connectivity index (χ1n) is 5.90. The number of benzene rings is 2. The Morgan fingerprint density at radius 1 is 1.24 bits per heavy atom. The third-order valence-electron chi connectivity index (χ3n) is 2.76. The molecule has 21 heavy (non-hydrogen) atoms. The fraction of sp³-hybridized carbons (Fsp3) is 0.143. The second kappa shape index (κ2) is 6.78. The molecule has 0 bridgehead atoms. The SMILES string of the molecule is COc1ccc(Oc2cc(Br)ccc2CCl)c([N+](=O)[O-])c1. The summed E-state index contributed by atoms with van der Waals surface area (Å²) in [5.41, 5.74) is 0.569. The minimum atomic E-state index is -0.518. The molecule has 0 aliphatic rings. The van der Waals surface area contributed by atoms with Crippen LogP contribution in [0, 0.1) is 10.1 Å². The van der Waals surface area contributed by atoms with Gasteiger partial charge in [-0.1, -0.05) is 22.0 Å². The molecule has 2 aromatic carbocycles. The van der Waals surface area contributed by atoms with E-state index in [1.165, 1.54) is 19.2 Å². The van der Waals surface area contributed by atoms with Gasteiger partial charge in [0.25, 0.3) is 0 Å². The molecule has 0 amide bonds. The van der Waals surface area contributed by atoms with Crippen molar-refractivity contribution in [1.82, 2.24) is 0 Å². The summed E-state index contributed by atoms with van der Waals surface area (Å²) in [5, 5.41) is 11.1. The summed E-state index contributed by atoms with van der Waals surface area (Å²) in [6, 6.07) is 9.74. The molecule has 0 saturated carbocycles. The first kappa shape index (κ1) is 15.6. The number of rotatable bonds is 5. The Hall–Kier alpha value is -1.79. The monoisotopic (exact) mass is 371 g/mol. The van der Waals surface area contributed by atoms with Crippen LogP contribution in [-0.2, 0) is 5.88 Å². The summed E-state index contributed by atoms with van der Waals surface area (Å²) < 4.78 is 11.4. The standard InChI is InChI=1S/C14H11BrClNO4/c1-20-11-4-5-13(12(7-11)17(18)19)21-14-6-10(15)3-2-9(14)8-16/h2-7H,8H2,1H3. The Balaban J connectivity index is 2.44. The van der Waals surface area contributed by atoms with Crippen LogP contribution in [0.1, 0.15) is 5.56 Å². The molecule has 0 spiro atoms. The number of hydrogen-bond acceptors (Lipinski definition) is 4. The fourth-order valence-electron chi connectivity index (χ4n) is 1.71. The molecule has 0 heterocycles. The van der Waals surface area contributed by atoms with E-state index in [2.05, 4.69) is 15.9 Å². The van der Waals surface area contributed by atoms with Crippen LogP contribution in [0.4, 0.5) is 5.69 Å². The normalized spacial score (nSPS) is 10.2. The maximum atomic E-state index is 11.1. The summed E-state index contributed by atoms with van der Waals surface area (Å²) >= 11 is 9.18. The zero-order valence-corrected chi connectivity index (χ0v) is 13.3. The maximum Gasteiger partial charge on any atom is 0.315 e. The first-order chi connectivity index (χ1) is 10.0. The number of hydrogen-bond donors (Lipinski definition) is 0. The van der Waals surface area contributed by atoms with Gasteiger partial charge < -0.3 is 9.47 Å². The highest BCUT2D eigenvalue weighted by atomic mass is 79.9. The van der Waals surface area contributed by atoms with Gasteiger partial charge in [-0.25, -0.2) is 0 Å². The van der Waals surface area contributed by atoms with E-state index in [4.69, 9.17) is 21.1 Å². The Bertz CT molecular complexity index is 678. The number of nitro groups is 1. The van der Waals surface area contributed by atoms with Gasteiger partial charge in [0.15, 0.2) is 0 Å². The molecule has 110 valence electrons. The van der Waals surface area contributed by atoms with E-state index in [9.17, 15) is 10.1 Å². The summed E-state index contributed by atoms with van der Waals surface area (Å²) in [5.74, 6) is 1.23. The molecule has 5 nitrogen and oxygen atoms in total. The summed E-state index contributed by atoms with van der Waals surface area (Å²) in [6.07, 6.45) is 0. The highest BCUT2D eigenvalue weighted by Gasteiger charge is 2.18. The van der Waals surface area contributed by atoms with Gasteiger partial charge in [-0.3, -0.25) is 10.1 Å². The van der Waals surface area contributed by atoms with E-state index in [0.717, 1.165) is 10.0 Å². The lowest BCUT2D eigenvalue weighted by atomic mass is 10.2. The van der Waals surface area contributed by atoms with Crippen LogP contribution in [-0.4, -0.2) is 12.0 Å². The lowest BCUT2D eigenvalue weighted by Crippen LogP contribution is -1.96. The summed E-state index contributed by atoms with van der Waals surface area (Å²) in [6.45, 7) is 0. The van der Waals surface area contributed by atoms with Crippen LogP contribution in [0.2, 0.25) is 0 Å². The number of nitrogens with zero attached hydrogens (tertiary/aromatic N) is 1. The van der Waals surface area contributed by atoms with Crippen LogP contribution >= 0.6 is 27.5 Å². The molecular weight excluding hydrogens is 362 g/mol. The summed E-state index contributed by atoms with van der Waals surface area (Å²) in [4.78, 5) is 10.6. The average molecular weight is 373 g/mol. The molecule has 2 aromatic rings. The Kier molecular flexibility index (Phi) is 5.03. The number of halogens is 2. The molecule has 0 aliphatic carbocycles. The second-order valence-corrected chi connectivity index (χ2v) is 5.26. The Morgan fingerprint density at radius 3 is 2.62 bits per heavy atom. The van der Waals surface area contributed by atoms with Crippen molar-refractivity contribution in [1.29, 1.82) is 0 Å². The molecular formula is C14H11BrClNO4. The Morgan fingerprint density at radius 2 is 2.00 bits per heavy atom. The molecule has 0 N–H and O–H groups in total. The summed E-state index contributed by atoms with van der Waals surface area (Å²) in [7, 11) is 1.44. The molecule has 0 atom stereocenters. The zero-order chi connectivity index (χ0) is 15.4. The van der Waals surface area contributed by atoms with Gasteiger partial charge >= 0.3 is 5.69 Å². The molecule has 0 fully saturated rings. The van der Waals surface area contributed by atoms with Crippen LogP contribution in [0.25, 0.3) is 0 Å². The van der Waals surface area contributed by atoms with Gasteiger partial charge in [0, 0.05) is 10.0 Å². The predicted octanol–water partition coefficient (Wildman–Crippen LogP) is 4.90. The third kappa shape index (κ3) is 3.65. The van der Waals surface area contributed by atoms with Crippen molar-refractivity contribution in [3.05, 3.63) is 56.5 Å². The smallest absolute Gasteiger partial charge is 0.315 e. The third-order valence-corrected chi connectivity index (χ3v) is 3.54. The number of methoxy groups -OCH3 is 1. The molecule has 0 saturated heterocycles. The lowest BCUT2D eigenvalue weighted by Gasteiger charge is -2.11. The zero-order valence-electron chi connectivity index (χ0n) is 11.0. The van der Waals surface area contributed by atoms with Gasteiger partial charge in [0.05, 0.1) is 24.0 Å². The highest BCUT2D eigenvalue weighted by molar-refractivity contribution is 9.10. The van der Waals surface area contributed by atoms with Crippen molar-refractivity contribution in [3.63, 3.8) is 0 Å². The van der Waals surface area contributed by atoms with Gasteiger partial charge in [0.1, 0.15) is 11.5 Å². The van der Waals surface area contributed by atoms with Crippen LogP contribution in [0.3, 0.4) is 0 Å². The van der Waals surface area contributed by atoms with E-state index < -0.39 is 4.92 Å². The molecule has 0 aliphatic heterocycles. The number of ether oxygens (including phenoxy) is 2. The van der Waals surface area contributed by atoms with E-state index >= 15 is 0 Å². The van der Waals surface area contributed by atoms with Crippen molar-refractivity contribution in [3.8, 4) is 17.2 Å². The second-order valence-electron chi connectivity index (χ2n) is 4.08. The van der Waals surface area contributed by atoms with Crippen molar-refractivity contribution in [2.24, 2.45) is 0 Å². The molecule has 0 unspecified atom stereocenters. The van der Waals surface area contributed by atoms with Gasteiger partial charge in [-0.05, 0) is 24.3 Å². The Labute approximate surface area is 134 Å². The maximum absolute atomic E-state index is 11.1. The first-order valence-corrected chi connectivity index (χ1v) is 7.22. The highest BCUT2D eigenvalue weighted by Crippen LogP contribution is 2.36. The molecule has 0 aromatic heterocycles. The van der Waals surface area contributed by atoms with E-state index in [0.29, 0.717) is 11.5 Å². The van der Waals surface area contributed by atoms with Crippen molar-refractivity contribution >= 4 is 33.2 Å². The molecule has 0 radical (unpaired) electrons. The largest absolute Gasteiger partial charge is 0.496 e. The number of nitro benzene ring substituents is 1. The van der Waals surface area contributed by atoms with Crippen LogP contribution in [0.15, 0.2) is 40.9 Å². The molecule has 7 heteroatoms. The van der Waals surface area contributed by atoms with E-state index in [1.54, 1.807) is 18.2 Å². The van der Waals surface area contributed by atoms with Crippen molar-refractivity contribution in [2.45, 2.75) is 5.88 Å². The molecule has 2 rings (SSSR count). The fourth-order valence-corrected chi connectivity index (χ4v) is 2.27. The van der Waals surface area contributed by atoms with Crippen molar-refractivity contribution in [2.75, 3.05) is 7.11 Å². The van der Waals surface area contributed by atoms with E-state index in [1.807, 2.05) is 6.07 Å². The van der Waals surface area contributed by atoms with Gasteiger partial charge in [0.2, 0.25) is 5.75 Å². The quantitative estimate of drug-likeness (QED) is 0.425. The minimum absolute atomic E-state index is 0.130.